The molecule has 0 aliphatic rings. The molecule has 0 radical (unpaired) electrons. The van der Waals surface area contributed by atoms with Crippen LogP contribution in [0.1, 0.15) is 18.9 Å². The van der Waals surface area contributed by atoms with Crippen LogP contribution in [0.5, 0.6) is 0 Å². The van der Waals surface area contributed by atoms with Crippen LogP contribution >= 0.6 is 0 Å². The fourth-order valence-corrected chi connectivity index (χ4v) is 2.85. The van der Waals surface area contributed by atoms with E-state index in [1.165, 1.54) is 6.92 Å². The average Bonchev–Trinajstić information content (AvgIpc) is 3.09. The first-order valence-electron chi connectivity index (χ1n) is 8.89. The largest absolute Gasteiger partial charge is 0.405 e. The lowest BCUT2D eigenvalue weighted by Gasteiger charge is -2.11. The number of rotatable bonds is 6. The molecule has 2 aromatic heterocycles. The van der Waals surface area contributed by atoms with Gasteiger partial charge in [-0.1, -0.05) is 12.1 Å². The SMILES string of the molecule is CC(=O)CC(=N)c1ccn2c(-c3cccc(NC(=O)NCC(F)(F)F)c3)cnc2c1. The first kappa shape index (κ1) is 21.0. The molecule has 10 heteroatoms. The van der Waals surface area contributed by atoms with Gasteiger partial charge in [0.15, 0.2) is 0 Å². The van der Waals surface area contributed by atoms with Gasteiger partial charge in [-0.25, -0.2) is 9.78 Å². The number of benzene rings is 1. The van der Waals surface area contributed by atoms with E-state index in [9.17, 15) is 22.8 Å². The Morgan fingerprint density at radius 1 is 1.20 bits per heavy atom. The highest BCUT2D eigenvalue weighted by Gasteiger charge is 2.27. The summed E-state index contributed by atoms with van der Waals surface area (Å²) in [6, 6.07) is 9.04. The summed E-state index contributed by atoms with van der Waals surface area (Å²) in [6.07, 6.45) is -1.13. The molecule has 0 aliphatic carbocycles. The summed E-state index contributed by atoms with van der Waals surface area (Å²) in [7, 11) is 0. The molecule has 0 atom stereocenters. The summed E-state index contributed by atoms with van der Waals surface area (Å²) in [4.78, 5) is 27.2. The first-order chi connectivity index (χ1) is 14.1. The van der Waals surface area contributed by atoms with E-state index >= 15 is 0 Å². The summed E-state index contributed by atoms with van der Waals surface area (Å²) >= 11 is 0. The molecule has 2 amide bonds. The van der Waals surface area contributed by atoms with Gasteiger partial charge >= 0.3 is 12.2 Å². The maximum atomic E-state index is 12.2. The number of pyridine rings is 1. The second-order valence-electron chi connectivity index (χ2n) is 6.65. The molecule has 0 unspecified atom stereocenters. The summed E-state index contributed by atoms with van der Waals surface area (Å²) in [6.45, 7) is -0.00213. The van der Waals surface area contributed by atoms with Crippen LogP contribution in [0.15, 0.2) is 48.8 Å². The number of Topliss-reactive ketones (excluding diaryl/α,β-unsaturated/α-hetero) is 1. The number of hydrogen-bond donors (Lipinski definition) is 3. The van der Waals surface area contributed by atoms with Gasteiger partial charge in [0.25, 0.3) is 0 Å². The smallest absolute Gasteiger partial charge is 0.329 e. The molecule has 3 N–H and O–H groups in total. The standard InChI is InChI=1S/C20H18F3N5O2/c1-12(29)7-16(24)13-5-6-28-17(10-25-18(28)9-13)14-3-2-4-15(8-14)27-19(30)26-11-20(21,22)23/h2-6,8-10,24H,7,11H2,1H3,(H2,26,27,30). The van der Waals surface area contributed by atoms with Crippen LogP contribution < -0.4 is 10.6 Å². The third-order valence-electron chi connectivity index (χ3n) is 4.15. The Morgan fingerprint density at radius 3 is 2.67 bits per heavy atom. The molecule has 0 spiro atoms. The van der Waals surface area contributed by atoms with Crippen LogP contribution in [0, 0.1) is 5.41 Å². The summed E-state index contributed by atoms with van der Waals surface area (Å²) in [5.74, 6) is -0.104. The maximum Gasteiger partial charge on any atom is 0.405 e. The minimum Gasteiger partial charge on any atom is -0.329 e. The number of urea groups is 1. The molecule has 0 bridgehead atoms. The van der Waals surface area contributed by atoms with E-state index in [0.29, 0.717) is 28.2 Å². The molecular weight excluding hydrogens is 399 g/mol. The van der Waals surface area contributed by atoms with Crippen LogP contribution in [-0.2, 0) is 4.79 Å². The normalized spacial score (nSPS) is 11.3. The number of ketones is 1. The number of imidazole rings is 1. The monoisotopic (exact) mass is 417 g/mol. The zero-order chi connectivity index (χ0) is 21.9. The number of amides is 2. The second-order valence-corrected chi connectivity index (χ2v) is 6.65. The van der Waals surface area contributed by atoms with Gasteiger partial charge in [0.2, 0.25) is 0 Å². The van der Waals surface area contributed by atoms with Gasteiger partial charge in [0.1, 0.15) is 18.0 Å². The number of anilines is 1. The fourth-order valence-electron chi connectivity index (χ4n) is 2.85. The zero-order valence-corrected chi connectivity index (χ0v) is 15.9. The maximum absolute atomic E-state index is 12.2. The Bertz CT molecular complexity index is 1120. The average molecular weight is 417 g/mol. The lowest BCUT2D eigenvalue weighted by atomic mass is 10.1. The molecule has 30 heavy (non-hydrogen) atoms. The van der Waals surface area contributed by atoms with Crippen molar-refractivity contribution in [1.29, 1.82) is 5.41 Å². The number of fused-ring (bicyclic) bond motifs is 1. The minimum atomic E-state index is -4.49. The summed E-state index contributed by atoms with van der Waals surface area (Å²) in [5.41, 5.74) is 3.05. The highest BCUT2D eigenvalue weighted by Crippen LogP contribution is 2.24. The summed E-state index contributed by atoms with van der Waals surface area (Å²) < 4.78 is 38.4. The molecule has 0 saturated carbocycles. The van der Waals surface area contributed by atoms with Crippen LogP contribution in [0.2, 0.25) is 0 Å². The van der Waals surface area contributed by atoms with E-state index < -0.39 is 18.8 Å². The van der Waals surface area contributed by atoms with Gasteiger partial charge in [-0.2, -0.15) is 13.2 Å². The second kappa shape index (κ2) is 8.36. The Balaban J connectivity index is 1.81. The quantitative estimate of drug-likeness (QED) is 0.528. The van der Waals surface area contributed by atoms with Gasteiger partial charge < -0.3 is 16.0 Å². The number of nitrogens with one attached hydrogen (secondary N) is 3. The van der Waals surface area contributed by atoms with Gasteiger partial charge in [-0.15, -0.1) is 0 Å². The summed E-state index contributed by atoms with van der Waals surface area (Å²) in [5, 5.41) is 12.1. The van der Waals surface area contributed by atoms with Crippen LogP contribution in [-0.4, -0.2) is 39.6 Å². The van der Waals surface area contributed by atoms with Crippen molar-refractivity contribution in [3.05, 3.63) is 54.4 Å². The Morgan fingerprint density at radius 2 is 1.97 bits per heavy atom. The lowest BCUT2D eigenvalue weighted by Crippen LogP contribution is -2.36. The Kier molecular flexibility index (Phi) is 5.86. The van der Waals surface area contributed by atoms with Gasteiger partial charge in [0, 0.05) is 35.1 Å². The Labute approximate surface area is 169 Å². The molecule has 0 saturated heterocycles. The van der Waals surface area contributed by atoms with E-state index in [2.05, 4.69) is 10.3 Å². The first-order valence-corrected chi connectivity index (χ1v) is 8.89. The van der Waals surface area contributed by atoms with E-state index in [1.54, 1.807) is 58.5 Å². The number of halogens is 3. The molecule has 0 aliphatic heterocycles. The molecule has 7 nitrogen and oxygen atoms in total. The molecule has 2 heterocycles. The molecule has 3 aromatic rings. The van der Waals surface area contributed by atoms with Crippen LogP contribution in [0.4, 0.5) is 23.7 Å². The van der Waals surface area contributed by atoms with Crippen molar-refractivity contribution in [3.8, 4) is 11.3 Å². The minimum absolute atomic E-state index is 0.0356. The van der Waals surface area contributed by atoms with Crippen LogP contribution in [0.25, 0.3) is 16.9 Å². The Hall–Kier alpha value is -3.69. The van der Waals surface area contributed by atoms with Crippen molar-refractivity contribution in [3.63, 3.8) is 0 Å². The van der Waals surface area contributed by atoms with Gasteiger partial charge in [0.05, 0.1) is 11.9 Å². The van der Waals surface area contributed by atoms with Crippen molar-refractivity contribution in [2.24, 2.45) is 0 Å². The van der Waals surface area contributed by atoms with E-state index in [4.69, 9.17) is 5.41 Å². The predicted octanol–water partition coefficient (Wildman–Crippen LogP) is 4.03. The number of nitrogens with zero attached hydrogens (tertiary/aromatic N) is 2. The molecule has 1 aromatic carbocycles. The highest BCUT2D eigenvalue weighted by molar-refractivity contribution is 6.09. The number of aromatic nitrogens is 2. The fraction of sp³-hybridized carbons (Fsp3) is 0.200. The van der Waals surface area contributed by atoms with E-state index in [1.807, 2.05) is 0 Å². The van der Waals surface area contributed by atoms with Crippen molar-refractivity contribution >= 4 is 28.9 Å². The molecule has 0 fully saturated rings. The van der Waals surface area contributed by atoms with Crippen molar-refractivity contribution in [2.45, 2.75) is 19.5 Å². The van der Waals surface area contributed by atoms with Gasteiger partial charge in [-0.3, -0.25) is 9.20 Å². The third kappa shape index (κ3) is 5.22. The van der Waals surface area contributed by atoms with Gasteiger partial charge in [-0.05, 0) is 31.2 Å². The topological polar surface area (TPSA) is 99.4 Å². The van der Waals surface area contributed by atoms with Crippen LogP contribution in [0.3, 0.4) is 0 Å². The third-order valence-corrected chi connectivity index (χ3v) is 4.15. The number of carbonyl (C=O) groups is 2. The van der Waals surface area contributed by atoms with E-state index in [0.717, 1.165) is 0 Å². The number of alkyl halides is 3. The van der Waals surface area contributed by atoms with E-state index in [-0.39, 0.29) is 17.9 Å². The zero-order valence-electron chi connectivity index (χ0n) is 15.9. The number of carbonyl (C=O) groups excluding carboxylic acids is 2. The van der Waals surface area contributed by atoms with Crippen molar-refractivity contribution in [1.82, 2.24) is 14.7 Å². The molecule has 3 rings (SSSR count). The lowest BCUT2D eigenvalue weighted by molar-refractivity contribution is -0.122. The molecular formula is C20H18F3N5O2. The molecule has 156 valence electrons. The van der Waals surface area contributed by atoms with Crippen molar-refractivity contribution < 1.29 is 22.8 Å². The van der Waals surface area contributed by atoms with Crippen molar-refractivity contribution in [2.75, 3.05) is 11.9 Å². The highest BCUT2D eigenvalue weighted by atomic mass is 19.4. The predicted molar refractivity (Wildman–Crippen MR) is 106 cm³/mol. The number of hydrogen-bond acceptors (Lipinski definition) is 4.